The van der Waals surface area contributed by atoms with E-state index in [2.05, 4.69) is 33.7 Å². The summed E-state index contributed by atoms with van der Waals surface area (Å²) in [6.07, 6.45) is 4.40. The molecule has 0 saturated carbocycles. The molecule has 0 fully saturated rings. The fourth-order valence-corrected chi connectivity index (χ4v) is 2.87. The van der Waals surface area contributed by atoms with Gasteiger partial charge in [0.1, 0.15) is 5.75 Å². The maximum absolute atomic E-state index is 5.25. The highest BCUT2D eigenvalue weighted by Gasteiger charge is 2.06. The molecular weight excluding hydrogens is 330 g/mol. The number of nitrogens with one attached hydrogen (secondary N) is 1. The van der Waals surface area contributed by atoms with Gasteiger partial charge in [0.15, 0.2) is 5.13 Å². The molecule has 2 heterocycles. The van der Waals surface area contributed by atoms with Crippen molar-refractivity contribution in [1.29, 1.82) is 0 Å². The molecular formula is C17H18ClN3OS. The Labute approximate surface area is 146 Å². The molecule has 0 saturated heterocycles. The number of aromatic nitrogens is 2. The van der Waals surface area contributed by atoms with Crippen LogP contribution in [-0.2, 0) is 6.42 Å². The van der Waals surface area contributed by atoms with Gasteiger partial charge in [0, 0.05) is 18.0 Å². The fraction of sp³-hybridized carbons (Fsp3) is 0.176. The van der Waals surface area contributed by atoms with E-state index in [-0.39, 0.29) is 12.4 Å². The minimum absolute atomic E-state index is 0. The topological polar surface area (TPSA) is 47.0 Å². The van der Waals surface area contributed by atoms with Gasteiger partial charge < -0.3 is 10.1 Å². The Balaban J connectivity index is 0.00000192. The van der Waals surface area contributed by atoms with Gasteiger partial charge >= 0.3 is 0 Å². The third kappa shape index (κ3) is 4.43. The van der Waals surface area contributed by atoms with Crippen LogP contribution < -0.4 is 10.1 Å². The smallest absolute Gasteiger partial charge is 0.187 e. The van der Waals surface area contributed by atoms with Crippen molar-refractivity contribution in [1.82, 2.24) is 9.97 Å². The molecule has 1 aromatic carbocycles. The molecule has 3 aromatic rings. The molecule has 6 heteroatoms. The summed E-state index contributed by atoms with van der Waals surface area (Å²) in [5.74, 6) is 0.872. The molecule has 0 bridgehead atoms. The fourth-order valence-electron chi connectivity index (χ4n) is 2.15. The summed E-state index contributed by atoms with van der Waals surface area (Å²) in [4.78, 5) is 8.77. The van der Waals surface area contributed by atoms with Crippen molar-refractivity contribution in [2.45, 2.75) is 13.3 Å². The van der Waals surface area contributed by atoms with Gasteiger partial charge in [-0.1, -0.05) is 12.1 Å². The van der Waals surface area contributed by atoms with Crippen LogP contribution in [0, 0.1) is 6.92 Å². The molecule has 4 nitrogen and oxygen atoms in total. The van der Waals surface area contributed by atoms with E-state index in [1.165, 1.54) is 5.56 Å². The summed E-state index contributed by atoms with van der Waals surface area (Å²) in [5, 5.41) is 6.28. The number of rotatable bonds is 5. The van der Waals surface area contributed by atoms with Gasteiger partial charge in [0.2, 0.25) is 0 Å². The SMILES string of the molecule is COc1cccc(Cc2csc(Nc3cnccc3C)n2)c1.Cl. The number of hydrogen-bond donors (Lipinski definition) is 1. The highest BCUT2D eigenvalue weighted by atomic mass is 35.5. The molecule has 1 N–H and O–H groups in total. The summed E-state index contributed by atoms with van der Waals surface area (Å²) in [5.41, 5.74) is 4.38. The van der Waals surface area contributed by atoms with E-state index >= 15 is 0 Å². The van der Waals surface area contributed by atoms with Crippen LogP contribution in [0.4, 0.5) is 10.8 Å². The van der Waals surface area contributed by atoms with Crippen molar-refractivity contribution in [3.63, 3.8) is 0 Å². The lowest BCUT2D eigenvalue weighted by atomic mass is 10.1. The Morgan fingerprint density at radius 1 is 1.26 bits per heavy atom. The van der Waals surface area contributed by atoms with E-state index < -0.39 is 0 Å². The summed E-state index contributed by atoms with van der Waals surface area (Å²) in [6.45, 7) is 2.05. The van der Waals surface area contributed by atoms with Gasteiger partial charge in [-0.15, -0.1) is 23.7 Å². The zero-order chi connectivity index (χ0) is 15.4. The van der Waals surface area contributed by atoms with E-state index in [1.807, 2.05) is 30.5 Å². The van der Waals surface area contributed by atoms with Gasteiger partial charge in [0.05, 0.1) is 24.7 Å². The number of pyridine rings is 1. The Morgan fingerprint density at radius 2 is 2.13 bits per heavy atom. The predicted molar refractivity (Wildman–Crippen MR) is 97.4 cm³/mol. The molecule has 0 aliphatic rings. The summed E-state index contributed by atoms with van der Waals surface area (Å²) in [7, 11) is 1.68. The third-order valence-corrected chi connectivity index (χ3v) is 4.16. The average molecular weight is 348 g/mol. The van der Waals surface area contributed by atoms with Crippen LogP contribution in [0.1, 0.15) is 16.8 Å². The zero-order valence-corrected chi connectivity index (χ0v) is 14.6. The molecule has 0 amide bonds. The highest BCUT2D eigenvalue weighted by molar-refractivity contribution is 7.13. The van der Waals surface area contributed by atoms with Crippen molar-refractivity contribution in [3.8, 4) is 5.75 Å². The van der Waals surface area contributed by atoms with E-state index in [0.29, 0.717) is 0 Å². The first-order chi connectivity index (χ1) is 10.7. The molecule has 120 valence electrons. The monoisotopic (exact) mass is 347 g/mol. The lowest BCUT2D eigenvalue weighted by molar-refractivity contribution is 0.414. The zero-order valence-electron chi connectivity index (χ0n) is 12.9. The van der Waals surface area contributed by atoms with Crippen molar-refractivity contribution in [2.24, 2.45) is 0 Å². The predicted octanol–water partition coefficient (Wildman–Crippen LogP) is 4.61. The van der Waals surface area contributed by atoms with Crippen LogP contribution in [0.3, 0.4) is 0 Å². The Bertz CT molecular complexity index is 776. The van der Waals surface area contributed by atoms with Crippen LogP contribution >= 0.6 is 23.7 Å². The van der Waals surface area contributed by atoms with E-state index in [1.54, 1.807) is 24.6 Å². The van der Waals surface area contributed by atoms with Gasteiger partial charge in [-0.05, 0) is 36.2 Å². The largest absolute Gasteiger partial charge is 0.497 e. The normalized spacial score (nSPS) is 10.0. The minimum atomic E-state index is 0. The first kappa shape index (κ1) is 17.2. The Hall–Kier alpha value is -2.11. The number of nitrogens with zero attached hydrogens (tertiary/aromatic N) is 2. The number of hydrogen-bond acceptors (Lipinski definition) is 5. The molecule has 23 heavy (non-hydrogen) atoms. The molecule has 0 aliphatic heterocycles. The second-order valence-corrected chi connectivity index (χ2v) is 5.85. The number of halogens is 1. The number of methoxy groups -OCH3 is 1. The standard InChI is InChI=1S/C17H17N3OS.ClH/c1-12-6-7-18-10-16(12)20-17-19-14(11-22-17)8-13-4-3-5-15(9-13)21-2;/h3-7,9-11H,8H2,1-2H3,(H,19,20);1H. The van der Waals surface area contributed by atoms with Crippen molar-refractivity contribution < 1.29 is 4.74 Å². The second-order valence-electron chi connectivity index (χ2n) is 4.99. The Kier molecular flexibility index (Phi) is 5.96. The summed E-state index contributed by atoms with van der Waals surface area (Å²) in [6, 6.07) is 10.0. The number of ether oxygens (including phenoxy) is 1. The minimum Gasteiger partial charge on any atom is -0.497 e. The van der Waals surface area contributed by atoms with E-state index in [4.69, 9.17) is 4.74 Å². The maximum atomic E-state index is 5.25. The van der Waals surface area contributed by atoms with Crippen molar-refractivity contribution in [3.05, 3.63) is 64.9 Å². The van der Waals surface area contributed by atoms with Gasteiger partial charge in [-0.3, -0.25) is 4.98 Å². The van der Waals surface area contributed by atoms with E-state index in [9.17, 15) is 0 Å². The molecule has 0 spiro atoms. The van der Waals surface area contributed by atoms with E-state index in [0.717, 1.165) is 34.2 Å². The van der Waals surface area contributed by atoms with Crippen molar-refractivity contribution in [2.75, 3.05) is 12.4 Å². The van der Waals surface area contributed by atoms with Crippen LogP contribution in [0.2, 0.25) is 0 Å². The molecule has 0 aliphatic carbocycles. The molecule has 0 radical (unpaired) electrons. The number of anilines is 2. The van der Waals surface area contributed by atoms with Crippen LogP contribution in [-0.4, -0.2) is 17.1 Å². The van der Waals surface area contributed by atoms with Crippen LogP contribution in [0.5, 0.6) is 5.75 Å². The summed E-state index contributed by atoms with van der Waals surface area (Å²) >= 11 is 1.60. The Morgan fingerprint density at radius 3 is 2.91 bits per heavy atom. The van der Waals surface area contributed by atoms with Gasteiger partial charge in [-0.2, -0.15) is 0 Å². The van der Waals surface area contributed by atoms with Gasteiger partial charge in [0.25, 0.3) is 0 Å². The van der Waals surface area contributed by atoms with Crippen molar-refractivity contribution >= 4 is 34.6 Å². The first-order valence-electron chi connectivity index (χ1n) is 6.99. The quantitative estimate of drug-likeness (QED) is 0.732. The summed E-state index contributed by atoms with van der Waals surface area (Å²) < 4.78 is 5.25. The molecule has 3 rings (SSSR count). The van der Waals surface area contributed by atoms with Gasteiger partial charge in [-0.25, -0.2) is 4.98 Å². The van der Waals surface area contributed by atoms with Crippen LogP contribution in [0.15, 0.2) is 48.1 Å². The molecule has 0 atom stereocenters. The number of thiazole rings is 1. The molecule has 2 aromatic heterocycles. The maximum Gasteiger partial charge on any atom is 0.187 e. The third-order valence-electron chi connectivity index (χ3n) is 3.35. The lowest BCUT2D eigenvalue weighted by Crippen LogP contribution is -1.94. The number of aryl methyl sites for hydroxylation is 1. The lowest BCUT2D eigenvalue weighted by Gasteiger charge is -2.05. The number of benzene rings is 1. The second kappa shape index (κ2) is 7.94. The van der Waals surface area contributed by atoms with Crippen LogP contribution in [0.25, 0.3) is 0 Å². The molecule has 0 unspecified atom stereocenters. The highest BCUT2D eigenvalue weighted by Crippen LogP contribution is 2.24. The first-order valence-corrected chi connectivity index (χ1v) is 7.87. The average Bonchev–Trinajstić information content (AvgIpc) is 2.97.